The van der Waals surface area contributed by atoms with Gasteiger partial charge in [0.05, 0.1) is 7.11 Å². The van der Waals surface area contributed by atoms with Gasteiger partial charge in [-0.05, 0) is 81.5 Å². The van der Waals surface area contributed by atoms with E-state index in [2.05, 4.69) is 11.4 Å². The Balaban J connectivity index is 2.29. The van der Waals surface area contributed by atoms with Gasteiger partial charge in [0.15, 0.2) is 6.61 Å². The average molecular weight is 441 g/mol. The van der Waals surface area contributed by atoms with E-state index in [1.165, 1.54) is 0 Å². The molecule has 2 amide bonds. The molecule has 0 bridgehead atoms. The molecule has 0 radical (unpaired) electrons. The highest BCUT2D eigenvalue weighted by molar-refractivity contribution is 5.88. The molecule has 1 N–H and O–H groups in total. The molecule has 0 spiro atoms. The molecule has 0 aliphatic heterocycles. The Bertz CT molecular complexity index is 939. The number of amides is 2. The first-order valence-electron chi connectivity index (χ1n) is 11.1. The van der Waals surface area contributed by atoms with Crippen LogP contribution in [-0.4, -0.2) is 42.5 Å². The Labute approximate surface area is 191 Å². The number of nitrogens with zero attached hydrogens (tertiary/aromatic N) is 1. The standard InChI is InChI=1S/C26H36N2O4/c1-8-23(26(30)27-17(2)3)28(15-21-10-9-11-22(14-21)31-7)25(29)16-32-24-13-18(4)12-19(5)20(24)6/h9-14,17,23H,8,15-16H2,1-7H3,(H,27,30)/t23-/m1/s1. The van der Waals surface area contributed by atoms with E-state index < -0.39 is 6.04 Å². The van der Waals surface area contributed by atoms with E-state index in [1.54, 1.807) is 12.0 Å². The Kier molecular flexibility index (Phi) is 9.12. The van der Waals surface area contributed by atoms with Gasteiger partial charge in [0.2, 0.25) is 5.91 Å². The van der Waals surface area contributed by atoms with E-state index in [0.29, 0.717) is 17.9 Å². The molecule has 1 atom stereocenters. The number of rotatable bonds is 10. The summed E-state index contributed by atoms with van der Waals surface area (Å²) < 4.78 is 11.2. The second kappa shape index (κ2) is 11.6. The van der Waals surface area contributed by atoms with Crippen LogP contribution >= 0.6 is 0 Å². The molecule has 0 saturated heterocycles. The molecule has 6 nitrogen and oxygen atoms in total. The molecule has 0 heterocycles. The molecule has 0 aromatic heterocycles. The summed E-state index contributed by atoms with van der Waals surface area (Å²) in [5.74, 6) is 0.993. The van der Waals surface area contributed by atoms with Gasteiger partial charge in [0.1, 0.15) is 17.5 Å². The second-order valence-electron chi connectivity index (χ2n) is 8.45. The molecular weight excluding hydrogens is 404 g/mol. The van der Waals surface area contributed by atoms with Gasteiger partial charge in [-0.2, -0.15) is 0 Å². The third-order valence-electron chi connectivity index (χ3n) is 5.42. The van der Waals surface area contributed by atoms with E-state index >= 15 is 0 Å². The first-order chi connectivity index (χ1) is 15.2. The normalized spacial score (nSPS) is 11.8. The van der Waals surface area contributed by atoms with Crippen molar-refractivity contribution in [3.05, 3.63) is 58.7 Å². The van der Waals surface area contributed by atoms with Gasteiger partial charge < -0.3 is 19.7 Å². The Morgan fingerprint density at radius 2 is 1.81 bits per heavy atom. The Hall–Kier alpha value is -3.02. The number of methoxy groups -OCH3 is 1. The molecule has 2 aromatic rings. The fourth-order valence-electron chi connectivity index (χ4n) is 3.64. The molecule has 0 aliphatic carbocycles. The number of aryl methyl sites for hydroxylation is 2. The minimum Gasteiger partial charge on any atom is -0.497 e. The summed E-state index contributed by atoms with van der Waals surface area (Å²) in [6, 6.07) is 10.9. The molecule has 0 unspecified atom stereocenters. The quantitative estimate of drug-likeness (QED) is 0.597. The van der Waals surface area contributed by atoms with Gasteiger partial charge in [-0.25, -0.2) is 0 Å². The molecule has 32 heavy (non-hydrogen) atoms. The van der Waals surface area contributed by atoms with Gasteiger partial charge in [0, 0.05) is 12.6 Å². The number of nitrogens with one attached hydrogen (secondary N) is 1. The van der Waals surface area contributed by atoms with Crippen LogP contribution in [0, 0.1) is 20.8 Å². The molecule has 174 valence electrons. The van der Waals surface area contributed by atoms with Gasteiger partial charge in [-0.1, -0.05) is 25.1 Å². The lowest BCUT2D eigenvalue weighted by Crippen LogP contribution is -2.51. The fraction of sp³-hybridized carbons (Fsp3) is 0.462. The predicted molar refractivity (Wildman–Crippen MR) is 127 cm³/mol. The van der Waals surface area contributed by atoms with Crippen molar-refractivity contribution in [1.82, 2.24) is 10.2 Å². The molecule has 6 heteroatoms. The number of carbonyl (C=O) groups excluding carboxylic acids is 2. The predicted octanol–water partition coefficient (Wildman–Crippen LogP) is 4.33. The monoisotopic (exact) mass is 440 g/mol. The van der Waals surface area contributed by atoms with Gasteiger partial charge in [-0.3, -0.25) is 9.59 Å². The first kappa shape index (κ1) is 25.2. The number of carbonyl (C=O) groups is 2. The van der Waals surface area contributed by atoms with Crippen LogP contribution in [0.4, 0.5) is 0 Å². The SMILES string of the molecule is CC[C@H](C(=O)NC(C)C)N(Cc1cccc(OC)c1)C(=O)COc1cc(C)cc(C)c1C. The third kappa shape index (κ3) is 6.74. The Morgan fingerprint density at radius 3 is 2.44 bits per heavy atom. The lowest BCUT2D eigenvalue weighted by molar-refractivity contribution is -0.143. The van der Waals surface area contributed by atoms with Crippen LogP contribution < -0.4 is 14.8 Å². The highest BCUT2D eigenvalue weighted by Crippen LogP contribution is 2.24. The van der Waals surface area contributed by atoms with E-state index in [1.807, 2.05) is 71.9 Å². The minimum atomic E-state index is -0.597. The van der Waals surface area contributed by atoms with Crippen molar-refractivity contribution in [2.75, 3.05) is 13.7 Å². The van der Waals surface area contributed by atoms with Crippen molar-refractivity contribution in [2.24, 2.45) is 0 Å². The molecule has 0 aliphatic rings. The van der Waals surface area contributed by atoms with Crippen molar-refractivity contribution in [3.8, 4) is 11.5 Å². The summed E-state index contributed by atoms with van der Waals surface area (Å²) >= 11 is 0. The van der Waals surface area contributed by atoms with Crippen LogP contribution in [0.5, 0.6) is 11.5 Å². The lowest BCUT2D eigenvalue weighted by Gasteiger charge is -2.31. The van der Waals surface area contributed by atoms with Crippen LogP contribution in [0.3, 0.4) is 0 Å². The fourth-order valence-corrected chi connectivity index (χ4v) is 3.64. The van der Waals surface area contributed by atoms with Crippen molar-refractivity contribution in [1.29, 1.82) is 0 Å². The molecular formula is C26H36N2O4. The summed E-state index contributed by atoms with van der Waals surface area (Å²) in [7, 11) is 1.60. The van der Waals surface area contributed by atoms with Crippen LogP contribution in [0.25, 0.3) is 0 Å². The topological polar surface area (TPSA) is 67.9 Å². The summed E-state index contributed by atoms with van der Waals surface area (Å²) in [4.78, 5) is 27.8. The summed E-state index contributed by atoms with van der Waals surface area (Å²) in [5.41, 5.74) is 4.08. The highest BCUT2D eigenvalue weighted by Gasteiger charge is 2.29. The zero-order valence-electron chi connectivity index (χ0n) is 20.3. The summed E-state index contributed by atoms with van der Waals surface area (Å²) in [5, 5.41) is 2.94. The number of ether oxygens (including phenoxy) is 2. The maximum atomic E-state index is 13.3. The van der Waals surface area contributed by atoms with E-state index in [4.69, 9.17) is 9.47 Å². The summed E-state index contributed by atoms with van der Waals surface area (Å²) in [6.45, 7) is 11.9. The molecule has 2 rings (SSSR count). The third-order valence-corrected chi connectivity index (χ3v) is 5.42. The second-order valence-corrected chi connectivity index (χ2v) is 8.45. The Morgan fingerprint density at radius 1 is 1.09 bits per heavy atom. The number of hydrogen-bond acceptors (Lipinski definition) is 4. The van der Waals surface area contributed by atoms with Crippen molar-refractivity contribution < 1.29 is 19.1 Å². The number of benzene rings is 2. The zero-order chi connectivity index (χ0) is 23.8. The van der Waals surface area contributed by atoms with Crippen LogP contribution in [0.2, 0.25) is 0 Å². The van der Waals surface area contributed by atoms with Gasteiger partial charge in [0.25, 0.3) is 5.91 Å². The van der Waals surface area contributed by atoms with Crippen LogP contribution in [0.1, 0.15) is 49.4 Å². The van der Waals surface area contributed by atoms with Crippen molar-refractivity contribution >= 4 is 11.8 Å². The van der Waals surface area contributed by atoms with E-state index in [0.717, 1.165) is 22.3 Å². The molecule has 0 fully saturated rings. The van der Waals surface area contributed by atoms with Gasteiger partial charge in [-0.15, -0.1) is 0 Å². The van der Waals surface area contributed by atoms with Crippen molar-refractivity contribution in [3.63, 3.8) is 0 Å². The maximum Gasteiger partial charge on any atom is 0.261 e. The summed E-state index contributed by atoms with van der Waals surface area (Å²) in [6.07, 6.45) is 0.497. The molecule has 0 saturated carbocycles. The first-order valence-corrected chi connectivity index (χ1v) is 11.1. The largest absolute Gasteiger partial charge is 0.497 e. The smallest absolute Gasteiger partial charge is 0.261 e. The molecule has 2 aromatic carbocycles. The van der Waals surface area contributed by atoms with E-state index in [-0.39, 0.29) is 31.0 Å². The minimum absolute atomic E-state index is 0.0144. The lowest BCUT2D eigenvalue weighted by atomic mass is 10.1. The average Bonchev–Trinajstić information content (AvgIpc) is 2.74. The van der Waals surface area contributed by atoms with Crippen LogP contribution in [-0.2, 0) is 16.1 Å². The van der Waals surface area contributed by atoms with Crippen molar-refractivity contribution in [2.45, 2.75) is 66.6 Å². The van der Waals surface area contributed by atoms with Crippen LogP contribution in [0.15, 0.2) is 36.4 Å². The number of hydrogen-bond donors (Lipinski definition) is 1. The van der Waals surface area contributed by atoms with E-state index in [9.17, 15) is 9.59 Å². The van der Waals surface area contributed by atoms with Gasteiger partial charge >= 0.3 is 0 Å². The highest BCUT2D eigenvalue weighted by atomic mass is 16.5. The zero-order valence-corrected chi connectivity index (χ0v) is 20.3. The maximum absolute atomic E-state index is 13.3.